The Morgan fingerprint density at radius 3 is 1.80 bits per heavy atom. The van der Waals surface area contributed by atoms with Crippen LogP contribution in [0.2, 0.25) is 0 Å². The first-order chi connectivity index (χ1) is 22.3. The molecule has 2 aliphatic heterocycles. The van der Waals surface area contributed by atoms with Crippen LogP contribution in [-0.4, -0.2) is 86.3 Å². The van der Waals surface area contributed by atoms with E-state index in [0.29, 0.717) is 95.0 Å². The summed E-state index contributed by atoms with van der Waals surface area (Å²) in [6.07, 6.45) is 0.172. The molecule has 2 aromatic carbocycles. The first-order valence-corrected chi connectivity index (χ1v) is 15.7. The molecule has 0 saturated heterocycles. The summed E-state index contributed by atoms with van der Waals surface area (Å²) in [6, 6.07) is 7.38. The van der Waals surface area contributed by atoms with E-state index in [9.17, 15) is 19.5 Å². The predicted octanol–water partition coefficient (Wildman–Crippen LogP) is 3.51. The highest BCUT2D eigenvalue weighted by Crippen LogP contribution is 2.37. The van der Waals surface area contributed by atoms with Gasteiger partial charge in [0.15, 0.2) is 29.3 Å². The van der Waals surface area contributed by atoms with Crippen molar-refractivity contribution in [3.8, 4) is 23.0 Å². The third-order valence-electron chi connectivity index (χ3n) is 7.74. The molecule has 2 aromatic rings. The Labute approximate surface area is 269 Å². The number of esters is 1. The minimum atomic E-state index is -0.898. The fourth-order valence-corrected chi connectivity index (χ4v) is 5.39. The number of hydrogen-bond acceptors (Lipinski definition) is 10. The Kier molecular flexibility index (Phi) is 12.7. The van der Waals surface area contributed by atoms with E-state index in [-0.39, 0.29) is 30.7 Å². The molecule has 0 aromatic heterocycles. The minimum Gasteiger partial charge on any atom is -0.493 e. The van der Waals surface area contributed by atoms with Crippen LogP contribution in [-0.2, 0) is 45.2 Å². The number of urea groups is 1. The second-order valence-electron chi connectivity index (χ2n) is 10.9. The minimum absolute atomic E-state index is 0.0639. The molecule has 1 unspecified atom stereocenters. The topological polar surface area (TPSA) is 145 Å². The first-order valence-electron chi connectivity index (χ1n) is 15.7. The molecule has 13 heteroatoms. The zero-order valence-electron chi connectivity index (χ0n) is 27.1. The highest BCUT2D eigenvalue weighted by molar-refractivity contribution is 5.82. The average molecular weight is 644 g/mol. The van der Waals surface area contributed by atoms with E-state index in [2.05, 4.69) is 5.32 Å². The maximum absolute atomic E-state index is 12.7. The number of nitrogens with zero attached hydrogens (tertiary/aromatic N) is 2. The molecule has 1 atom stereocenters. The van der Waals surface area contributed by atoms with Crippen molar-refractivity contribution in [1.82, 2.24) is 15.1 Å². The molecule has 0 spiro atoms. The quantitative estimate of drug-likeness (QED) is 0.149. The summed E-state index contributed by atoms with van der Waals surface area (Å²) in [4.78, 5) is 40.4. The number of carbonyl (C=O) groups is 3. The normalized spacial score (nSPS) is 13.9. The third kappa shape index (κ3) is 9.16. The van der Waals surface area contributed by atoms with Gasteiger partial charge in [0, 0.05) is 58.6 Å². The Balaban J connectivity index is 1.25. The summed E-state index contributed by atoms with van der Waals surface area (Å²) in [5.41, 5.74) is 3.93. The van der Waals surface area contributed by atoms with E-state index in [0.717, 1.165) is 22.3 Å². The standard InChI is InChI=1S/C33H45N3O10/c1-5-43-31(38)9-8-30(37)35-18-22-14-26(41-3)28(16-24(22)19-35)45-12-7-13-46-29-17-25-21-36(20-23(25)15-27(29)42-4)33(40)34-11-10-32(39)44-6-2/h14-17,32,39H,5-13,18-21H2,1-4H3,(H,34,40). The largest absolute Gasteiger partial charge is 0.493 e. The van der Waals surface area contributed by atoms with Crippen LogP contribution in [0.4, 0.5) is 4.79 Å². The van der Waals surface area contributed by atoms with Gasteiger partial charge in [-0.2, -0.15) is 0 Å². The van der Waals surface area contributed by atoms with Gasteiger partial charge in [0.25, 0.3) is 0 Å². The molecular formula is C33H45N3O10. The number of aliphatic hydroxyl groups excluding tert-OH is 1. The van der Waals surface area contributed by atoms with Crippen molar-refractivity contribution in [2.24, 2.45) is 0 Å². The summed E-state index contributed by atoms with van der Waals surface area (Å²) in [7, 11) is 3.16. The lowest BCUT2D eigenvalue weighted by molar-refractivity contribution is -0.145. The highest BCUT2D eigenvalue weighted by Gasteiger charge is 2.27. The smallest absolute Gasteiger partial charge is 0.318 e. The average Bonchev–Trinajstić information content (AvgIpc) is 3.66. The van der Waals surface area contributed by atoms with E-state index in [1.54, 1.807) is 37.9 Å². The van der Waals surface area contributed by atoms with E-state index >= 15 is 0 Å². The van der Waals surface area contributed by atoms with Crippen molar-refractivity contribution in [2.75, 3.05) is 47.2 Å². The van der Waals surface area contributed by atoms with Crippen LogP contribution in [0.15, 0.2) is 24.3 Å². The van der Waals surface area contributed by atoms with Crippen molar-refractivity contribution >= 4 is 17.9 Å². The molecular weight excluding hydrogens is 598 g/mol. The first kappa shape index (κ1) is 34.6. The van der Waals surface area contributed by atoms with Crippen LogP contribution in [0.1, 0.15) is 61.8 Å². The summed E-state index contributed by atoms with van der Waals surface area (Å²) in [5.74, 6) is 1.87. The molecule has 13 nitrogen and oxygen atoms in total. The summed E-state index contributed by atoms with van der Waals surface area (Å²) >= 11 is 0. The van der Waals surface area contributed by atoms with Gasteiger partial charge in [-0.15, -0.1) is 0 Å². The molecule has 0 saturated carbocycles. The molecule has 4 rings (SSSR count). The van der Waals surface area contributed by atoms with Crippen molar-refractivity contribution in [3.05, 3.63) is 46.5 Å². The van der Waals surface area contributed by atoms with Crippen molar-refractivity contribution < 1.29 is 47.9 Å². The number of rotatable bonds is 17. The fraction of sp³-hybridized carbons (Fsp3) is 0.545. The van der Waals surface area contributed by atoms with Gasteiger partial charge in [-0.1, -0.05) is 0 Å². The van der Waals surface area contributed by atoms with E-state index in [1.807, 2.05) is 24.3 Å². The van der Waals surface area contributed by atoms with Crippen LogP contribution in [0.25, 0.3) is 0 Å². The number of aliphatic hydroxyl groups is 1. The van der Waals surface area contributed by atoms with E-state index in [4.69, 9.17) is 28.4 Å². The van der Waals surface area contributed by atoms with Gasteiger partial charge in [0.05, 0.1) is 40.5 Å². The molecule has 2 aliphatic rings. The molecule has 0 fully saturated rings. The number of methoxy groups -OCH3 is 2. The molecule has 0 bridgehead atoms. The molecule has 46 heavy (non-hydrogen) atoms. The number of amides is 3. The molecule has 0 radical (unpaired) electrons. The maximum atomic E-state index is 12.7. The van der Waals surface area contributed by atoms with Gasteiger partial charge < -0.3 is 48.6 Å². The SMILES string of the molecule is CCOC(=O)CCC(=O)N1Cc2cc(OC)c(OCCCOc3cc4c(cc3OC)CN(C(=O)NCCC(O)OCC)C4)cc2C1. The van der Waals surface area contributed by atoms with Crippen LogP contribution >= 0.6 is 0 Å². The summed E-state index contributed by atoms with van der Waals surface area (Å²) in [6.45, 7) is 7.06. The summed E-state index contributed by atoms with van der Waals surface area (Å²) < 4.78 is 33.2. The fourth-order valence-electron chi connectivity index (χ4n) is 5.39. The number of ether oxygens (including phenoxy) is 6. The highest BCUT2D eigenvalue weighted by atomic mass is 16.6. The van der Waals surface area contributed by atoms with Crippen molar-refractivity contribution in [3.63, 3.8) is 0 Å². The van der Waals surface area contributed by atoms with Gasteiger partial charge in [0.1, 0.15) is 0 Å². The number of nitrogens with one attached hydrogen (secondary N) is 1. The monoisotopic (exact) mass is 643 g/mol. The van der Waals surface area contributed by atoms with Crippen molar-refractivity contribution in [2.45, 2.75) is 72.0 Å². The van der Waals surface area contributed by atoms with Gasteiger partial charge in [-0.25, -0.2) is 4.79 Å². The Morgan fingerprint density at radius 1 is 0.783 bits per heavy atom. The van der Waals surface area contributed by atoms with Crippen LogP contribution in [0.5, 0.6) is 23.0 Å². The molecule has 2 heterocycles. The summed E-state index contributed by atoms with van der Waals surface area (Å²) in [5, 5.41) is 12.5. The maximum Gasteiger partial charge on any atom is 0.318 e. The number of hydrogen-bond donors (Lipinski definition) is 2. The van der Waals surface area contributed by atoms with Crippen molar-refractivity contribution in [1.29, 1.82) is 0 Å². The van der Waals surface area contributed by atoms with Crippen LogP contribution in [0.3, 0.4) is 0 Å². The van der Waals surface area contributed by atoms with E-state index in [1.165, 1.54) is 0 Å². The van der Waals surface area contributed by atoms with Gasteiger partial charge in [-0.05, 0) is 60.4 Å². The zero-order chi connectivity index (χ0) is 33.1. The molecule has 3 amide bonds. The van der Waals surface area contributed by atoms with Gasteiger partial charge in [-0.3, -0.25) is 9.59 Å². The zero-order valence-corrected chi connectivity index (χ0v) is 27.1. The Bertz CT molecular complexity index is 1370. The lowest BCUT2D eigenvalue weighted by atomic mass is 10.1. The van der Waals surface area contributed by atoms with Crippen LogP contribution < -0.4 is 24.3 Å². The molecule has 2 N–H and O–H groups in total. The molecule has 0 aliphatic carbocycles. The number of fused-ring (bicyclic) bond motifs is 2. The number of carbonyl (C=O) groups excluding carboxylic acids is 3. The van der Waals surface area contributed by atoms with E-state index < -0.39 is 6.29 Å². The Hall–Kier alpha value is -4.23. The van der Waals surface area contributed by atoms with Gasteiger partial charge >= 0.3 is 12.0 Å². The second kappa shape index (κ2) is 16.9. The third-order valence-corrected chi connectivity index (χ3v) is 7.74. The van der Waals surface area contributed by atoms with Crippen LogP contribution in [0, 0.1) is 0 Å². The predicted molar refractivity (Wildman–Crippen MR) is 167 cm³/mol. The lowest BCUT2D eigenvalue weighted by Gasteiger charge is -2.17. The molecule has 252 valence electrons. The van der Waals surface area contributed by atoms with Gasteiger partial charge in [0.2, 0.25) is 5.91 Å². The Morgan fingerprint density at radius 2 is 1.30 bits per heavy atom. The lowest BCUT2D eigenvalue weighted by Crippen LogP contribution is -2.38. The second-order valence-corrected chi connectivity index (χ2v) is 10.9. The number of benzene rings is 2.